The van der Waals surface area contributed by atoms with Crippen LogP contribution >= 0.6 is 15.9 Å². The number of carbonyl (C=O) groups is 3. The molecule has 0 unspecified atom stereocenters. The third kappa shape index (κ3) is 2.86. The van der Waals surface area contributed by atoms with Crippen LogP contribution in [-0.2, 0) is 11.3 Å². The van der Waals surface area contributed by atoms with Crippen molar-refractivity contribution < 1.29 is 14.4 Å². The molecule has 4 rings (SSSR count). The summed E-state index contributed by atoms with van der Waals surface area (Å²) in [4.78, 5) is 39.7. The standard InChI is InChI=1S/C17H15BrN4O3/c18-12-5-19-21(9-12)8-11-6-20(7-11)15(23)10-22-16(24)13-3-1-2-4-14(13)17(22)25/h1-5,9,11H,6-8,10H2. The highest BCUT2D eigenvalue weighted by Crippen LogP contribution is 2.24. The van der Waals surface area contributed by atoms with Gasteiger partial charge in [0.05, 0.1) is 21.8 Å². The number of likely N-dealkylation sites (tertiary alicyclic amines) is 1. The lowest BCUT2D eigenvalue weighted by Gasteiger charge is -2.39. The molecule has 2 aliphatic rings. The highest BCUT2D eigenvalue weighted by atomic mass is 79.9. The number of carbonyl (C=O) groups excluding carboxylic acids is 3. The normalized spacial score (nSPS) is 17.0. The summed E-state index contributed by atoms with van der Waals surface area (Å²) in [5.41, 5.74) is 0.733. The molecule has 0 N–H and O–H groups in total. The molecule has 1 aromatic heterocycles. The molecule has 2 aliphatic heterocycles. The maximum Gasteiger partial charge on any atom is 0.262 e. The van der Waals surface area contributed by atoms with Gasteiger partial charge in [-0.05, 0) is 28.1 Å². The lowest BCUT2D eigenvalue weighted by Crippen LogP contribution is -2.54. The molecule has 3 amide bonds. The smallest absolute Gasteiger partial charge is 0.262 e. The second-order valence-electron chi connectivity index (χ2n) is 6.29. The van der Waals surface area contributed by atoms with E-state index in [0.29, 0.717) is 30.1 Å². The van der Waals surface area contributed by atoms with Crippen LogP contribution in [0.2, 0.25) is 0 Å². The van der Waals surface area contributed by atoms with Gasteiger partial charge in [0.15, 0.2) is 0 Å². The Morgan fingerprint density at radius 3 is 2.36 bits per heavy atom. The first-order valence-corrected chi connectivity index (χ1v) is 8.73. The summed E-state index contributed by atoms with van der Waals surface area (Å²) in [5, 5.41) is 4.20. The second kappa shape index (κ2) is 6.11. The molecule has 0 bridgehead atoms. The van der Waals surface area contributed by atoms with E-state index in [0.717, 1.165) is 15.9 Å². The summed E-state index contributed by atoms with van der Waals surface area (Å²) in [6.07, 6.45) is 3.62. The van der Waals surface area contributed by atoms with E-state index in [1.807, 2.05) is 10.9 Å². The van der Waals surface area contributed by atoms with Crippen LogP contribution in [0.1, 0.15) is 20.7 Å². The zero-order valence-corrected chi connectivity index (χ0v) is 14.8. The fourth-order valence-electron chi connectivity index (χ4n) is 3.21. The average molecular weight is 403 g/mol. The van der Waals surface area contributed by atoms with Crippen molar-refractivity contribution in [2.45, 2.75) is 6.54 Å². The van der Waals surface area contributed by atoms with E-state index in [9.17, 15) is 14.4 Å². The molecule has 7 nitrogen and oxygen atoms in total. The van der Waals surface area contributed by atoms with Gasteiger partial charge in [-0.1, -0.05) is 12.1 Å². The van der Waals surface area contributed by atoms with Crippen molar-refractivity contribution in [2.24, 2.45) is 5.92 Å². The van der Waals surface area contributed by atoms with E-state index >= 15 is 0 Å². The number of halogens is 1. The van der Waals surface area contributed by atoms with Crippen LogP contribution in [0.4, 0.5) is 0 Å². The minimum atomic E-state index is -0.396. The number of hydrogen-bond acceptors (Lipinski definition) is 4. The summed E-state index contributed by atoms with van der Waals surface area (Å²) in [6, 6.07) is 6.65. The van der Waals surface area contributed by atoms with Crippen molar-refractivity contribution in [3.05, 3.63) is 52.3 Å². The summed E-state index contributed by atoms with van der Waals surface area (Å²) in [5.74, 6) is -0.662. The van der Waals surface area contributed by atoms with Crippen molar-refractivity contribution in [3.8, 4) is 0 Å². The van der Waals surface area contributed by atoms with E-state index in [1.165, 1.54) is 0 Å². The Labute approximate surface area is 152 Å². The minimum Gasteiger partial charge on any atom is -0.340 e. The number of fused-ring (bicyclic) bond motifs is 1. The molecule has 8 heteroatoms. The Hall–Kier alpha value is -2.48. The topological polar surface area (TPSA) is 75.5 Å². The molecule has 1 aromatic carbocycles. The Morgan fingerprint density at radius 1 is 1.16 bits per heavy atom. The van der Waals surface area contributed by atoms with Crippen molar-refractivity contribution in [3.63, 3.8) is 0 Å². The fraction of sp³-hybridized carbons (Fsp3) is 0.294. The molecule has 1 fully saturated rings. The van der Waals surface area contributed by atoms with E-state index in [1.54, 1.807) is 35.4 Å². The van der Waals surface area contributed by atoms with Gasteiger partial charge in [-0.3, -0.25) is 24.0 Å². The molecule has 0 radical (unpaired) electrons. The van der Waals surface area contributed by atoms with Crippen LogP contribution in [0.3, 0.4) is 0 Å². The molecule has 128 valence electrons. The van der Waals surface area contributed by atoms with Gasteiger partial charge < -0.3 is 4.90 Å². The average Bonchev–Trinajstić information content (AvgIpc) is 3.08. The number of nitrogens with zero attached hydrogens (tertiary/aromatic N) is 4. The number of aromatic nitrogens is 2. The summed E-state index contributed by atoms with van der Waals surface area (Å²) in [6.45, 7) is 1.76. The monoisotopic (exact) mass is 402 g/mol. The van der Waals surface area contributed by atoms with E-state index in [4.69, 9.17) is 0 Å². The van der Waals surface area contributed by atoms with Gasteiger partial charge >= 0.3 is 0 Å². The van der Waals surface area contributed by atoms with E-state index in [-0.39, 0.29) is 12.5 Å². The van der Waals surface area contributed by atoms with Gasteiger partial charge in [0.1, 0.15) is 6.54 Å². The Bertz CT molecular complexity index is 837. The highest BCUT2D eigenvalue weighted by molar-refractivity contribution is 9.10. The molecule has 0 aliphatic carbocycles. The molecule has 1 saturated heterocycles. The Morgan fingerprint density at radius 2 is 1.80 bits per heavy atom. The number of amides is 3. The molecule has 2 aromatic rings. The first kappa shape index (κ1) is 16.0. The van der Waals surface area contributed by atoms with Gasteiger partial charge in [0, 0.05) is 31.7 Å². The summed E-state index contributed by atoms with van der Waals surface area (Å²) < 4.78 is 2.76. The van der Waals surface area contributed by atoms with Gasteiger partial charge in [0.2, 0.25) is 5.91 Å². The van der Waals surface area contributed by atoms with Crippen LogP contribution < -0.4 is 0 Å². The van der Waals surface area contributed by atoms with Crippen molar-refractivity contribution in [2.75, 3.05) is 19.6 Å². The summed E-state index contributed by atoms with van der Waals surface area (Å²) in [7, 11) is 0. The Kier molecular flexibility index (Phi) is 3.91. The molecule has 25 heavy (non-hydrogen) atoms. The third-order valence-corrected chi connectivity index (χ3v) is 4.94. The second-order valence-corrected chi connectivity index (χ2v) is 7.20. The maximum absolute atomic E-state index is 12.4. The first-order valence-electron chi connectivity index (χ1n) is 7.94. The third-order valence-electron chi connectivity index (χ3n) is 4.53. The molecular formula is C17H15BrN4O3. The number of imide groups is 1. The largest absolute Gasteiger partial charge is 0.340 e. The molecule has 0 spiro atoms. The SMILES string of the molecule is O=C(CN1C(=O)c2ccccc2C1=O)N1CC(Cn2cc(Br)cn2)C1. The zero-order chi connectivity index (χ0) is 17.6. The minimum absolute atomic E-state index is 0.201. The first-order chi connectivity index (χ1) is 12.0. The van der Waals surface area contributed by atoms with Crippen LogP contribution in [-0.4, -0.2) is 56.9 Å². The van der Waals surface area contributed by atoms with E-state index < -0.39 is 11.8 Å². The number of hydrogen-bond donors (Lipinski definition) is 0. The maximum atomic E-state index is 12.4. The predicted molar refractivity (Wildman–Crippen MR) is 91.8 cm³/mol. The lowest BCUT2D eigenvalue weighted by molar-refractivity contribution is -0.138. The molecular weight excluding hydrogens is 388 g/mol. The van der Waals surface area contributed by atoms with Crippen molar-refractivity contribution in [1.29, 1.82) is 0 Å². The van der Waals surface area contributed by atoms with Crippen LogP contribution in [0.25, 0.3) is 0 Å². The molecule has 3 heterocycles. The number of rotatable bonds is 4. The molecule has 0 atom stereocenters. The van der Waals surface area contributed by atoms with Gasteiger partial charge in [-0.25, -0.2) is 0 Å². The van der Waals surface area contributed by atoms with Gasteiger partial charge in [-0.15, -0.1) is 0 Å². The van der Waals surface area contributed by atoms with Crippen LogP contribution in [0.5, 0.6) is 0 Å². The number of benzene rings is 1. The van der Waals surface area contributed by atoms with Crippen LogP contribution in [0, 0.1) is 5.92 Å². The van der Waals surface area contributed by atoms with Crippen LogP contribution in [0.15, 0.2) is 41.1 Å². The zero-order valence-electron chi connectivity index (χ0n) is 13.3. The predicted octanol–water partition coefficient (Wildman–Crippen LogP) is 1.40. The quantitative estimate of drug-likeness (QED) is 0.724. The van der Waals surface area contributed by atoms with Crippen molar-refractivity contribution in [1.82, 2.24) is 19.6 Å². The Balaban J connectivity index is 1.33. The highest BCUT2D eigenvalue weighted by Gasteiger charge is 2.39. The van der Waals surface area contributed by atoms with Gasteiger partial charge in [-0.2, -0.15) is 5.10 Å². The molecule has 0 saturated carbocycles. The summed E-state index contributed by atoms with van der Waals surface area (Å²) >= 11 is 3.35. The van der Waals surface area contributed by atoms with Gasteiger partial charge in [0.25, 0.3) is 11.8 Å². The van der Waals surface area contributed by atoms with Crippen molar-refractivity contribution >= 4 is 33.7 Å². The fourth-order valence-corrected chi connectivity index (χ4v) is 3.54. The lowest BCUT2D eigenvalue weighted by atomic mass is 10.00. The van der Waals surface area contributed by atoms with E-state index in [2.05, 4.69) is 21.0 Å².